The van der Waals surface area contributed by atoms with Gasteiger partial charge in [-0.05, 0) is 12.0 Å². The van der Waals surface area contributed by atoms with E-state index in [4.69, 9.17) is 29.0 Å². The van der Waals surface area contributed by atoms with Gasteiger partial charge in [0.2, 0.25) is 0 Å². The lowest BCUT2D eigenvalue weighted by Gasteiger charge is -2.11. The van der Waals surface area contributed by atoms with Gasteiger partial charge in [0.25, 0.3) is 0 Å². The molecule has 1 aromatic heterocycles. The summed E-state index contributed by atoms with van der Waals surface area (Å²) in [5, 5.41) is 4.00. The maximum absolute atomic E-state index is 5.96. The number of nitrogens with one attached hydrogen (secondary N) is 2. The number of rotatable bonds is 4. The Morgan fingerprint density at radius 3 is 2.47 bits per heavy atom. The average Bonchev–Trinajstić information content (AvgIpc) is 2.16. The number of nitrogen functional groups attached to an aromatic ring is 1. The molecule has 0 amide bonds. The van der Waals surface area contributed by atoms with Crippen LogP contribution in [-0.4, -0.2) is 11.5 Å². The number of hydrazine groups is 1. The van der Waals surface area contributed by atoms with Gasteiger partial charge < -0.3 is 10.7 Å². The molecular weight excluding hydrogens is 235 g/mol. The molecule has 0 fully saturated rings. The Hall–Kier alpha value is -0.710. The van der Waals surface area contributed by atoms with Crippen LogP contribution in [0.1, 0.15) is 13.8 Å². The van der Waals surface area contributed by atoms with Gasteiger partial charge in [0.15, 0.2) is 5.82 Å². The number of hydrogen-bond donors (Lipinski definition) is 3. The molecule has 0 saturated heterocycles. The number of aromatic nitrogens is 1. The first kappa shape index (κ1) is 12.4. The molecule has 0 radical (unpaired) electrons. The van der Waals surface area contributed by atoms with Crippen LogP contribution < -0.4 is 16.6 Å². The summed E-state index contributed by atoms with van der Waals surface area (Å²) in [7, 11) is 0. The van der Waals surface area contributed by atoms with Crippen LogP contribution in [0.3, 0.4) is 0 Å². The fourth-order valence-electron chi connectivity index (χ4n) is 0.993. The smallest absolute Gasteiger partial charge is 0.161 e. The summed E-state index contributed by atoms with van der Waals surface area (Å²) >= 11 is 11.8. The molecule has 1 heterocycles. The third kappa shape index (κ3) is 3.41. The first-order chi connectivity index (χ1) is 7.04. The Kier molecular flexibility index (Phi) is 4.45. The first-order valence-electron chi connectivity index (χ1n) is 4.61. The molecule has 0 atom stereocenters. The van der Waals surface area contributed by atoms with Gasteiger partial charge >= 0.3 is 0 Å². The zero-order valence-corrected chi connectivity index (χ0v) is 10.2. The van der Waals surface area contributed by atoms with Gasteiger partial charge in [-0.1, -0.05) is 37.0 Å². The van der Waals surface area contributed by atoms with Gasteiger partial charge in [-0.3, -0.25) is 0 Å². The zero-order valence-electron chi connectivity index (χ0n) is 8.64. The van der Waals surface area contributed by atoms with E-state index in [2.05, 4.69) is 29.6 Å². The van der Waals surface area contributed by atoms with Crippen LogP contribution in [0.4, 0.5) is 11.6 Å². The molecule has 0 aliphatic rings. The van der Waals surface area contributed by atoms with Gasteiger partial charge in [-0.25, -0.2) is 10.8 Å². The molecule has 0 bridgehead atoms. The minimum Gasteiger partial charge on any atom is -0.369 e. The van der Waals surface area contributed by atoms with Crippen molar-refractivity contribution in [3.8, 4) is 0 Å². The molecule has 1 rings (SSSR count). The summed E-state index contributed by atoms with van der Waals surface area (Å²) in [6.45, 7) is 4.98. The van der Waals surface area contributed by atoms with E-state index in [0.29, 0.717) is 27.6 Å². The van der Waals surface area contributed by atoms with Crippen molar-refractivity contribution in [2.75, 3.05) is 17.3 Å². The predicted molar refractivity (Wildman–Crippen MR) is 65.4 cm³/mol. The molecule has 0 spiro atoms. The summed E-state index contributed by atoms with van der Waals surface area (Å²) in [5.74, 6) is 6.76. The molecule has 15 heavy (non-hydrogen) atoms. The first-order valence-corrected chi connectivity index (χ1v) is 5.36. The Balaban J connectivity index is 2.87. The lowest BCUT2D eigenvalue weighted by atomic mass is 10.2. The fourth-order valence-corrected chi connectivity index (χ4v) is 1.47. The van der Waals surface area contributed by atoms with E-state index in [1.807, 2.05) is 0 Å². The van der Waals surface area contributed by atoms with Crippen molar-refractivity contribution in [1.29, 1.82) is 0 Å². The third-order valence-corrected chi connectivity index (χ3v) is 2.32. The highest BCUT2D eigenvalue weighted by atomic mass is 35.5. The van der Waals surface area contributed by atoms with Gasteiger partial charge in [-0.15, -0.1) is 0 Å². The summed E-state index contributed by atoms with van der Waals surface area (Å²) < 4.78 is 0. The van der Waals surface area contributed by atoms with Crippen LogP contribution in [0.2, 0.25) is 10.0 Å². The molecule has 0 aliphatic heterocycles. The van der Waals surface area contributed by atoms with Crippen molar-refractivity contribution in [3.63, 3.8) is 0 Å². The van der Waals surface area contributed by atoms with Crippen LogP contribution in [0.25, 0.3) is 0 Å². The topological polar surface area (TPSA) is 63.0 Å². The molecule has 84 valence electrons. The number of hydrogen-bond acceptors (Lipinski definition) is 4. The number of nitrogens with zero attached hydrogens (tertiary/aromatic N) is 1. The van der Waals surface area contributed by atoms with E-state index in [9.17, 15) is 0 Å². The molecule has 0 saturated carbocycles. The quantitative estimate of drug-likeness (QED) is 0.567. The highest BCUT2D eigenvalue weighted by Crippen LogP contribution is 2.28. The number of halogens is 2. The molecule has 4 nitrogen and oxygen atoms in total. The predicted octanol–water partition coefficient (Wildman–Crippen LogP) is 2.74. The molecule has 0 aromatic carbocycles. The molecule has 4 N–H and O–H groups in total. The van der Waals surface area contributed by atoms with Gasteiger partial charge in [0, 0.05) is 6.54 Å². The van der Waals surface area contributed by atoms with Crippen LogP contribution >= 0.6 is 23.2 Å². The van der Waals surface area contributed by atoms with E-state index in [1.165, 1.54) is 0 Å². The van der Waals surface area contributed by atoms with Crippen molar-refractivity contribution >= 4 is 34.8 Å². The lowest BCUT2D eigenvalue weighted by molar-refractivity contribution is 0.687. The maximum atomic E-state index is 5.96. The molecular formula is C9H14Cl2N4. The van der Waals surface area contributed by atoms with Gasteiger partial charge in [0.1, 0.15) is 5.82 Å². The molecule has 0 unspecified atom stereocenters. The van der Waals surface area contributed by atoms with E-state index >= 15 is 0 Å². The Morgan fingerprint density at radius 1 is 1.33 bits per heavy atom. The SMILES string of the molecule is CC(C)CNc1nc(NN)c(Cl)cc1Cl. The van der Waals surface area contributed by atoms with E-state index in [1.54, 1.807) is 6.07 Å². The lowest BCUT2D eigenvalue weighted by Crippen LogP contribution is -2.13. The van der Waals surface area contributed by atoms with E-state index < -0.39 is 0 Å². The van der Waals surface area contributed by atoms with Gasteiger partial charge in [0.05, 0.1) is 10.0 Å². The number of nitrogens with two attached hydrogens (primary N) is 1. The zero-order chi connectivity index (χ0) is 11.4. The summed E-state index contributed by atoms with van der Waals surface area (Å²) in [6, 6.07) is 1.61. The molecule has 0 aliphatic carbocycles. The van der Waals surface area contributed by atoms with Crippen molar-refractivity contribution in [3.05, 3.63) is 16.1 Å². The number of anilines is 2. The summed E-state index contributed by atoms with van der Waals surface area (Å²) in [4.78, 5) is 4.15. The van der Waals surface area contributed by atoms with Crippen LogP contribution in [0.15, 0.2) is 6.07 Å². The van der Waals surface area contributed by atoms with Crippen LogP contribution in [0, 0.1) is 5.92 Å². The second-order valence-electron chi connectivity index (χ2n) is 3.57. The Labute approximate surface area is 99.1 Å². The van der Waals surface area contributed by atoms with Crippen LogP contribution in [0.5, 0.6) is 0 Å². The van der Waals surface area contributed by atoms with E-state index in [0.717, 1.165) is 6.54 Å². The summed E-state index contributed by atoms with van der Waals surface area (Å²) in [6.07, 6.45) is 0. The largest absolute Gasteiger partial charge is 0.369 e. The second-order valence-corrected chi connectivity index (χ2v) is 4.38. The van der Waals surface area contributed by atoms with Crippen molar-refractivity contribution in [1.82, 2.24) is 4.98 Å². The third-order valence-electron chi connectivity index (χ3n) is 1.74. The highest BCUT2D eigenvalue weighted by molar-refractivity contribution is 6.37. The van der Waals surface area contributed by atoms with Gasteiger partial charge in [-0.2, -0.15) is 0 Å². The number of pyridine rings is 1. The van der Waals surface area contributed by atoms with E-state index in [-0.39, 0.29) is 0 Å². The molecule has 1 aromatic rings. The Bertz CT molecular complexity index is 341. The van der Waals surface area contributed by atoms with Crippen molar-refractivity contribution in [2.24, 2.45) is 11.8 Å². The molecule has 6 heteroatoms. The van der Waals surface area contributed by atoms with Crippen molar-refractivity contribution < 1.29 is 0 Å². The average molecular weight is 249 g/mol. The summed E-state index contributed by atoms with van der Waals surface area (Å²) in [5.41, 5.74) is 2.41. The standard InChI is InChI=1S/C9H14Cl2N4/c1-5(2)4-13-8-6(10)3-7(11)9(14-8)15-12/h3,5H,4,12H2,1-2H3,(H2,13,14,15). The monoisotopic (exact) mass is 248 g/mol. The normalized spacial score (nSPS) is 10.5. The minimum atomic E-state index is 0.401. The fraction of sp³-hybridized carbons (Fsp3) is 0.444. The Morgan fingerprint density at radius 2 is 1.93 bits per heavy atom. The maximum Gasteiger partial charge on any atom is 0.161 e. The highest BCUT2D eigenvalue weighted by Gasteiger charge is 2.08. The van der Waals surface area contributed by atoms with Crippen LogP contribution in [-0.2, 0) is 0 Å². The minimum absolute atomic E-state index is 0.401. The second kappa shape index (κ2) is 5.39. The van der Waals surface area contributed by atoms with Crippen molar-refractivity contribution in [2.45, 2.75) is 13.8 Å².